The molecule has 1 aliphatic carbocycles. The molecule has 5 heteroatoms. The van der Waals surface area contributed by atoms with E-state index in [1.807, 2.05) is 13.8 Å². The minimum Gasteiger partial charge on any atom is -0.300 e. The summed E-state index contributed by atoms with van der Waals surface area (Å²) in [4.78, 5) is 11.4. The number of hydrogen-bond acceptors (Lipinski definition) is 4. The summed E-state index contributed by atoms with van der Waals surface area (Å²) < 4.78 is 27.3. The van der Waals surface area contributed by atoms with Crippen LogP contribution in [0.3, 0.4) is 0 Å². The Balaban J connectivity index is 2.73. The second-order valence-corrected chi connectivity index (χ2v) is 6.93. The van der Waals surface area contributed by atoms with E-state index < -0.39 is 15.5 Å². The predicted octanol–water partition coefficient (Wildman–Crippen LogP) is 1.75. The molecule has 0 radical (unpaired) electrons. The molecule has 16 heavy (non-hydrogen) atoms. The maximum Gasteiger partial charge on any atom is 0.267 e. The van der Waals surface area contributed by atoms with Crippen molar-refractivity contribution in [3.8, 4) is 0 Å². The van der Waals surface area contributed by atoms with Gasteiger partial charge in [0, 0.05) is 12.8 Å². The normalized spacial score (nSPS) is 23.4. The van der Waals surface area contributed by atoms with Gasteiger partial charge in [-0.3, -0.25) is 8.98 Å². The quantitative estimate of drug-likeness (QED) is 0.711. The minimum atomic E-state index is -3.46. The summed E-state index contributed by atoms with van der Waals surface area (Å²) >= 11 is 0. The Kier molecular flexibility index (Phi) is 4.12. The van der Waals surface area contributed by atoms with Crippen LogP contribution in [0.25, 0.3) is 0 Å². The molecule has 1 unspecified atom stereocenters. The first-order valence-electron chi connectivity index (χ1n) is 5.57. The maximum absolute atomic E-state index is 11.4. The van der Waals surface area contributed by atoms with Crippen LogP contribution < -0.4 is 0 Å². The number of ketones is 1. The standard InChI is InChI=1S/C11H20O4S/c1-11(2,8-16(13,14)15-3)9-5-4-6-10(12)7-9/h9H,4-8H2,1-3H3. The summed E-state index contributed by atoms with van der Waals surface area (Å²) in [5, 5.41) is 0. The Bertz CT molecular complexity index is 356. The zero-order valence-electron chi connectivity index (χ0n) is 10.2. The van der Waals surface area contributed by atoms with Gasteiger partial charge in [-0.1, -0.05) is 13.8 Å². The van der Waals surface area contributed by atoms with Gasteiger partial charge in [0.05, 0.1) is 12.9 Å². The lowest BCUT2D eigenvalue weighted by molar-refractivity contribution is -0.122. The van der Waals surface area contributed by atoms with Gasteiger partial charge in [-0.15, -0.1) is 0 Å². The van der Waals surface area contributed by atoms with Crippen LogP contribution in [0.4, 0.5) is 0 Å². The molecule has 94 valence electrons. The van der Waals surface area contributed by atoms with E-state index in [0.717, 1.165) is 12.8 Å². The van der Waals surface area contributed by atoms with Crippen molar-refractivity contribution < 1.29 is 17.4 Å². The third-order valence-electron chi connectivity index (χ3n) is 3.39. The summed E-state index contributed by atoms with van der Waals surface area (Å²) in [6.45, 7) is 3.79. The molecule has 1 aliphatic rings. The summed E-state index contributed by atoms with van der Waals surface area (Å²) in [6, 6.07) is 0. The molecule has 1 rings (SSSR count). The zero-order valence-corrected chi connectivity index (χ0v) is 11.0. The first kappa shape index (κ1) is 13.6. The summed E-state index contributed by atoms with van der Waals surface area (Å²) in [7, 11) is -2.28. The summed E-state index contributed by atoms with van der Waals surface area (Å²) in [5.74, 6) is 0.381. The molecular weight excluding hydrogens is 228 g/mol. The van der Waals surface area contributed by atoms with Crippen LogP contribution in [-0.4, -0.2) is 27.1 Å². The molecule has 0 aromatic rings. The molecule has 0 spiro atoms. The van der Waals surface area contributed by atoms with Crippen LogP contribution in [0.15, 0.2) is 0 Å². The monoisotopic (exact) mass is 248 g/mol. The van der Waals surface area contributed by atoms with Gasteiger partial charge in [0.25, 0.3) is 10.1 Å². The summed E-state index contributed by atoms with van der Waals surface area (Å²) in [5.41, 5.74) is -0.398. The molecule has 4 nitrogen and oxygen atoms in total. The second kappa shape index (κ2) is 4.84. The molecule has 1 fully saturated rings. The lowest BCUT2D eigenvalue weighted by Crippen LogP contribution is -2.35. The Labute approximate surface area is 97.5 Å². The van der Waals surface area contributed by atoms with E-state index in [1.165, 1.54) is 7.11 Å². The van der Waals surface area contributed by atoms with Crippen molar-refractivity contribution in [2.45, 2.75) is 39.5 Å². The maximum atomic E-state index is 11.4. The highest BCUT2D eigenvalue weighted by molar-refractivity contribution is 7.86. The van der Waals surface area contributed by atoms with Crippen molar-refractivity contribution in [2.75, 3.05) is 12.9 Å². The van der Waals surface area contributed by atoms with E-state index in [-0.39, 0.29) is 17.5 Å². The highest BCUT2D eigenvalue weighted by Crippen LogP contribution is 2.38. The Morgan fingerprint density at radius 2 is 2.06 bits per heavy atom. The topological polar surface area (TPSA) is 60.4 Å². The van der Waals surface area contributed by atoms with Crippen LogP contribution in [0.5, 0.6) is 0 Å². The van der Waals surface area contributed by atoms with Gasteiger partial charge in [-0.2, -0.15) is 8.42 Å². The van der Waals surface area contributed by atoms with Crippen molar-refractivity contribution >= 4 is 15.9 Å². The largest absolute Gasteiger partial charge is 0.300 e. The molecule has 0 bridgehead atoms. The lowest BCUT2D eigenvalue weighted by Gasteiger charge is -2.35. The third-order valence-corrected chi connectivity index (χ3v) is 5.00. The molecule has 0 aromatic heterocycles. The van der Waals surface area contributed by atoms with E-state index in [1.54, 1.807) is 0 Å². The van der Waals surface area contributed by atoms with E-state index >= 15 is 0 Å². The molecule has 1 atom stereocenters. The Morgan fingerprint density at radius 1 is 1.44 bits per heavy atom. The highest BCUT2D eigenvalue weighted by Gasteiger charge is 2.36. The smallest absolute Gasteiger partial charge is 0.267 e. The molecule has 0 amide bonds. The van der Waals surface area contributed by atoms with Crippen LogP contribution >= 0.6 is 0 Å². The highest BCUT2D eigenvalue weighted by atomic mass is 32.2. The van der Waals surface area contributed by atoms with E-state index in [9.17, 15) is 13.2 Å². The van der Waals surface area contributed by atoms with Crippen LogP contribution in [0, 0.1) is 11.3 Å². The number of carbonyl (C=O) groups excluding carboxylic acids is 1. The van der Waals surface area contributed by atoms with Gasteiger partial charge in [-0.25, -0.2) is 0 Å². The van der Waals surface area contributed by atoms with Crippen molar-refractivity contribution in [2.24, 2.45) is 11.3 Å². The van der Waals surface area contributed by atoms with Crippen LogP contribution in [0.2, 0.25) is 0 Å². The van der Waals surface area contributed by atoms with E-state index in [0.29, 0.717) is 12.8 Å². The Morgan fingerprint density at radius 3 is 2.56 bits per heavy atom. The molecule has 0 heterocycles. The fraction of sp³-hybridized carbons (Fsp3) is 0.909. The van der Waals surface area contributed by atoms with Gasteiger partial charge in [-0.05, 0) is 24.2 Å². The minimum absolute atomic E-state index is 0.0194. The van der Waals surface area contributed by atoms with E-state index in [2.05, 4.69) is 4.18 Å². The number of hydrogen-bond donors (Lipinski definition) is 0. The van der Waals surface area contributed by atoms with Gasteiger partial charge < -0.3 is 0 Å². The SMILES string of the molecule is COS(=O)(=O)CC(C)(C)C1CCCC(=O)C1. The van der Waals surface area contributed by atoms with Gasteiger partial charge in [0.1, 0.15) is 5.78 Å². The van der Waals surface area contributed by atoms with E-state index in [4.69, 9.17) is 0 Å². The van der Waals surface area contributed by atoms with Crippen LogP contribution in [0.1, 0.15) is 39.5 Å². The van der Waals surface area contributed by atoms with Crippen molar-refractivity contribution in [3.05, 3.63) is 0 Å². The predicted molar refractivity (Wildman–Crippen MR) is 61.5 cm³/mol. The summed E-state index contributed by atoms with van der Waals surface area (Å²) in [6.07, 6.45) is 2.95. The lowest BCUT2D eigenvalue weighted by atomic mass is 9.72. The van der Waals surface area contributed by atoms with Crippen molar-refractivity contribution in [1.82, 2.24) is 0 Å². The third kappa shape index (κ3) is 3.56. The first-order valence-corrected chi connectivity index (χ1v) is 7.14. The molecule has 0 N–H and O–H groups in total. The number of rotatable bonds is 4. The molecular formula is C11H20O4S. The molecule has 0 saturated heterocycles. The second-order valence-electron chi connectivity index (χ2n) is 5.19. The van der Waals surface area contributed by atoms with Crippen molar-refractivity contribution in [1.29, 1.82) is 0 Å². The fourth-order valence-corrected chi connectivity index (χ4v) is 3.59. The van der Waals surface area contributed by atoms with Crippen molar-refractivity contribution in [3.63, 3.8) is 0 Å². The number of Topliss-reactive ketones (excluding diaryl/α,β-unsaturated/α-hetero) is 1. The van der Waals surface area contributed by atoms with Gasteiger partial charge in [0.15, 0.2) is 0 Å². The zero-order chi connectivity index (χ0) is 12.4. The fourth-order valence-electron chi connectivity index (χ4n) is 2.32. The van der Waals surface area contributed by atoms with Gasteiger partial charge >= 0.3 is 0 Å². The molecule has 0 aromatic carbocycles. The Hall–Kier alpha value is -0.420. The molecule has 1 saturated carbocycles. The molecule has 0 aliphatic heterocycles. The van der Waals surface area contributed by atoms with Gasteiger partial charge in [0.2, 0.25) is 0 Å². The number of carbonyl (C=O) groups is 1. The first-order chi connectivity index (χ1) is 7.27. The average molecular weight is 248 g/mol. The van der Waals surface area contributed by atoms with Crippen LogP contribution in [-0.2, 0) is 19.1 Å². The average Bonchev–Trinajstić information content (AvgIpc) is 2.16.